The number of ether oxygens (including phenoxy) is 4. The Bertz CT molecular complexity index is 1120. The molecule has 2 aromatic carbocycles. The molecular formula is C22H20O6. The van der Waals surface area contributed by atoms with Gasteiger partial charge in [-0.1, -0.05) is 5.57 Å². The fourth-order valence-electron chi connectivity index (χ4n) is 2.93. The van der Waals surface area contributed by atoms with E-state index in [1.807, 2.05) is 26.0 Å². The summed E-state index contributed by atoms with van der Waals surface area (Å²) in [5, 5.41) is 0.428. The second-order valence-corrected chi connectivity index (χ2v) is 6.63. The van der Waals surface area contributed by atoms with Crippen molar-refractivity contribution in [1.82, 2.24) is 0 Å². The van der Waals surface area contributed by atoms with Crippen LogP contribution in [0.2, 0.25) is 0 Å². The highest BCUT2D eigenvalue weighted by atomic mass is 16.7. The van der Waals surface area contributed by atoms with E-state index in [4.69, 9.17) is 23.4 Å². The van der Waals surface area contributed by atoms with Crippen molar-refractivity contribution in [2.24, 2.45) is 0 Å². The molecule has 144 valence electrons. The van der Waals surface area contributed by atoms with Gasteiger partial charge >= 0.3 is 0 Å². The third-order valence-electron chi connectivity index (χ3n) is 4.40. The van der Waals surface area contributed by atoms with Crippen LogP contribution in [0.3, 0.4) is 0 Å². The minimum absolute atomic E-state index is 0.163. The third-order valence-corrected chi connectivity index (χ3v) is 4.40. The van der Waals surface area contributed by atoms with E-state index in [9.17, 15) is 4.79 Å². The Labute approximate surface area is 161 Å². The second kappa shape index (κ2) is 7.31. The van der Waals surface area contributed by atoms with Crippen molar-refractivity contribution in [2.45, 2.75) is 13.8 Å². The Morgan fingerprint density at radius 1 is 1.07 bits per heavy atom. The molecule has 0 fully saturated rings. The highest BCUT2D eigenvalue weighted by molar-refractivity contribution is 5.82. The average molecular weight is 380 g/mol. The van der Waals surface area contributed by atoms with Crippen molar-refractivity contribution in [3.05, 3.63) is 58.3 Å². The van der Waals surface area contributed by atoms with Gasteiger partial charge in [-0.15, -0.1) is 0 Å². The molecule has 0 saturated carbocycles. The number of rotatable bonds is 5. The lowest BCUT2D eigenvalue weighted by Gasteiger charge is -2.11. The Balaban J connectivity index is 1.76. The summed E-state index contributed by atoms with van der Waals surface area (Å²) in [4.78, 5) is 12.7. The van der Waals surface area contributed by atoms with Crippen LogP contribution < -0.4 is 24.4 Å². The van der Waals surface area contributed by atoms with Crippen LogP contribution >= 0.6 is 0 Å². The van der Waals surface area contributed by atoms with Crippen LogP contribution in [0.4, 0.5) is 0 Å². The lowest BCUT2D eigenvalue weighted by Crippen LogP contribution is -2.03. The van der Waals surface area contributed by atoms with Crippen LogP contribution in [-0.2, 0) is 0 Å². The van der Waals surface area contributed by atoms with Crippen molar-refractivity contribution in [2.75, 3.05) is 20.5 Å². The largest absolute Gasteiger partial charge is 0.493 e. The van der Waals surface area contributed by atoms with Gasteiger partial charge < -0.3 is 23.4 Å². The van der Waals surface area contributed by atoms with Crippen LogP contribution in [0.15, 0.2) is 57.3 Å². The van der Waals surface area contributed by atoms with E-state index < -0.39 is 0 Å². The first-order chi connectivity index (χ1) is 13.5. The number of allylic oxidation sites excluding steroid dienone is 1. The molecule has 0 spiro atoms. The fourth-order valence-corrected chi connectivity index (χ4v) is 2.93. The summed E-state index contributed by atoms with van der Waals surface area (Å²) in [6.07, 6.45) is 1.95. The van der Waals surface area contributed by atoms with Gasteiger partial charge in [0, 0.05) is 17.7 Å². The smallest absolute Gasteiger partial charge is 0.231 e. The number of hydrogen-bond acceptors (Lipinski definition) is 6. The zero-order chi connectivity index (χ0) is 19.7. The maximum Gasteiger partial charge on any atom is 0.231 e. The molecule has 0 unspecified atom stereocenters. The van der Waals surface area contributed by atoms with Crippen molar-refractivity contribution >= 4 is 11.0 Å². The van der Waals surface area contributed by atoms with Gasteiger partial charge in [-0.25, -0.2) is 0 Å². The molecule has 28 heavy (non-hydrogen) atoms. The second-order valence-electron chi connectivity index (χ2n) is 6.63. The first kappa shape index (κ1) is 18.0. The molecule has 4 rings (SSSR count). The molecule has 0 amide bonds. The monoisotopic (exact) mass is 380 g/mol. The zero-order valence-corrected chi connectivity index (χ0v) is 15.9. The lowest BCUT2D eigenvalue weighted by atomic mass is 10.1. The summed E-state index contributed by atoms with van der Waals surface area (Å²) in [5.41, 5.74) is 2.13. The van der Waals surface area contributed by atoms with E-state index in [2.05, 4.69) is 0 Å². The molecule has 3 aromatic rings. The molecule has 0 aliphatic carbocycles. The first-order valence-electron chi connectivity index (χ1n) is 8.87. The van der Waals surface area contributed by atoms with Gasteiger partial charge in [0.05, 0.1) is 12.5 Å². The summed E-state index contributed by atoms with van der Waals surface area (Å²) >= 11 is 0. The number of hydrogen-bond donors (Lipinski definition) is 0. The van der Waals surface area contributed by atoms with E-state index in [-0.39, 0.29) is 12.2 Å². The number of methoxy groups -OCH3 is 1. The maximum atomic E-state index is 12.7. The van der Waals surface area contributed by atoms with E-state index in [0.29, 0.717) is 46.3 Å². The highest BCUT2D eigenvalue weighted by Gasteiger charge is 2.17. The molecule has 0 N–H and O–H groups in total. The topological polar surface area (TPSA) is 67.1 Å². The molecule has 6 nitrogen and oxygen atoms in total. The molecule has 2 heterocycles. The normalized spacial score (nSPS) is 12.1. The molecule has 0 radical (unpaired) electrons. The van der Waals surface area contributed by atoms with Gasteiger partial charge in [0.25, 0.3) is 0 Å². The summed E-state index contributed by atoms with van der Waals surface area (Å²) in [7, 11) is 1.55. The Kier molecular flexibility index (Phi) is 4.69. The minimum Gasteiger partial charge on any atom is -0.493 e. The summed E-state index contributed by atoms with van der Waals surface area (Å²) in [6.45, 7) is 4.57. The van der Waals surface area contributed by atoms with E-state index >= 15 is 0 Å². The zero-order valence-electron chi connectivity index (χ0n) is 15.9. The van der Waals surface area contributed by atoms with Gasteiger partial charge in [-0.05, 0) is 44.2 Å². The number of benzene rings is 2. The van der Waals surface area contributed by atoms with Crippen molar-refractivity contribution in [3.63, 3.8) is 0 Å². The quantitative estimate of drug-likeness (QED) is 0.605. The van der Waals surface area contributed by atoms with Crippen LogP contribution in [0.1, 0.15) is 13.8 Å². The van der Waals surface area contributed by atoms with Gasteiger partial charge in [0.1, 0.15) is 18.0 Å². The van der Waals surface area contributed by atoms with Crippen molar-refractivity contribution in [3.8, 4) is 34.3 Å². The SMILES string of the molecule is COc1cc2oc(-c3ccc4c(c3)OCO4)cc(=O)c2cc1OCC=C(C)C. The summed E-state index contributed by atoms with van der Waals surface area (Å²) < 4.78 is 27.9. The third kappa shape index (κ3) is 3.41. The van der Waals surface area contributed by atoms with Gasteiger partial charge in [0.2, 0.25) is 6.79 Å². The highest BCUT2D eigenvalue weighted by Crippen LogP contribution is 2.37. The van der Waals surface area contributed by atoms with Gasteiger partial charge in [-0.2, -0.15) is 0 Å². The molecule has 0 atom stereocenters. The van der Waals surface area contributed by atoms with Gasteiger partial charge in [0.15, 0.2) is 28.4 Å². The number of fused-ring (bicyclic) bond motifs is 2. The van der Waals surface area contributed by atoms with Crippen molar-refractivity contribution in [1.29, 1.82) is 0 Å². The lowest BCUT2D eigenvalue weighted by molar-refractivity contribution is 0.174. The molecule has 1 aliphatic heterocycles. The minimum atomic E-state index is -0.163. The predicted octanol–water partition coefficient (Wildman–Crippen LogP) is 4.54. The molecular weight excluding hydrogens is 360 g/mol. The van der Waals surface area contributed by atoms with Gasteiger partial charge in [-0.3, -0.25) is 4.79 Å². The summed E-state index contributed by atoms with van der Waals surface area (Å²) in [6, 6.07) is 10.2. The first-order valence-corrected chi connectivity index (χ1v) is 8.87. The standard InChI is InChI=1S/C22H20O6/c1-13(2)6-7-25-22-9-15-16(23)10-18(28-19(15)11-20(22)24-3)14-4-5-17-21(8-14)27-12-26-17/h4-6,8-11H,7,12H2,1-3H3. The molecule has 6 heteroatoms. The van der Waals surface area contributed by atoms with E-state index in [1.54, 1.807) is 31.4 Å². The van der Waals surface area contributed by atoms with E-state index in [0.717, 1.165) is 11.1 Å². The van der Waals surface area contributed by atoms with Crippen LogP contribution in [0.25, 0.3) is 22.3 Å². The molecule has 1 aromatic heterocycles. The molecule has 0 saturated heterocycles. The van der Waals surface area contributed by atoms with Crippen LogP contribution in [0.5, 0.6) is 23.0 Å². The van der Waals surface area contributed by atoms with Crippen molar-refractivity contribution < 1.29 is 23.4 Å². The molecule has 0 bridgehead atoms. The van der Waals surface area contributed by atoms with Crippen LogP contribution in [-0.4, -0.2) is 20.5 Å². The fraction of sp³-hybridized carbons (Fsp3) is 0.227. The average Bonchev–Trinajstić information content (AvgIpc) is 3.15. The summed E-state index contributed by atoms with van der Waals surface area (Å²) in [5.74, 6) is 2.74. The Hall–Kier alpha value is -3.41. The maximum absolute atomic E-state index is 12.7. The molecule has 1 aliphatic rings. The Morgan fingerprint density at radius 2 is 1.89 bits per heavy atom. The van der Waals surface area contributed by atoms with E-state index in [1.165, 1.54) is 6.07 Å². The van der Waals surface area contributed by atoms with Crippen LogP contribution in [0, 0.1) is 0 Å². The Morgan fingerprint density at radius 3 is 2.68 bits per heavy atom. The predicted molar refractivity (Wildman–Crippen MR) is 106 cm³/mol.